The van der Waals surface area contributed by atoms with Crippen molar-refractivity contribution < 1.29 is 4.79 Å². The van der Waals surface area contributed by atoms with Crippen molar-refractivity contribution in [3.05, 3.63) is 83.9 Å². The van der Waals surface area contributed by atoms with Crippen molar-refractivity contribution >= 4 is 34.0 Å². The second-order valence-electron chi connectivity index (χ2n) is 6.11. The number of carbonyl (C=O) groups excluding carboxylic acids is 1. The first-order chi connectivity index (χ1) is 12.3. The van der Waals surface area contributed by atoms with Gasteiger partial charge in [-0.25, -0.2) is 5.01 Å². The van der Waals surface area contributed by atoms with Crippen molar-refractivity contribution in [1.82, 2.24) is 5.01 Å². The zero-order valence-corrected chi connectivity index (χ0v) is 14.4. The first-order valence-corrected chi connectivity index (χ1v) is 8.79. The van der Waals surface area contributed by atoms with Crippen LogP contribution in [0.3, 0.4) is 0 Å². The monoisotopic (exact) mass is 348 g/mol. The lowest BCUT2D eigenvalue weighted by Crippen LogP contribution is -2.27. The van der Waals surface area contributed by atoms with E-state index in [1.165, 1.54) is 15.8 Å². The first kappa shape index (κ1) is 15.9. The lowest BCUT2D eigenvalue weighted by Gasteiger charge is -2.21. The SMILES string of the molecule is O=C(CCl)N1N=C(c2ccc3ccccc3c2)C[C@H]1c1ccccc1. The summed E-state index contributed by atoms with van der Waals surface area (Å²) in [4.78, 5) is 12.3. The van der Waals surface area contributed by atoms with Crippen molar-refractivity contribution in [2.45, 2.75) is 12.5 Å². The van der Waals surface area contributed by atoms with Gasteiger partial charge in [0.2, 0.25) is 0 Å². The Morgan fingerprint density at radius 3 is 2.48 bits per heavy atom. The van der Waals surface area contributed by atoms with Crippen molar-refractivity contribution in [3.8, 4) is 0 Å². The average molecular weight is 349 g/mol. The molecule has 3 aromatic rings. The molecule has 0 saturated heterocycles. The fourth-order valence-electron chi connectivity index (χ4n) is 3.28. The minimum atomic E-state index is -0.175. The van der Waals surface area contributed by atoms with Gasteiger partial charge in [0.05, 0.1) is 11.8 Å². The van der Waals surface area contributed by atoms with Gasteiger partial charge in [-0.1, -0.05) is 66.7 Å². The van der Waals surface area contributed by atoms with Crippen LogP contribution in [0.2, 0.25) is 0 Å². The van der Waals surface area contributed by atoms with Crippen LogP contribution in [0.4, 0.5) is 0 Å². The van der Waals surface area contributed by atoms with Gasteiger partial charge in [-0.2, -0.15) is 5.10 Å². The largest absolute Gasteiger partial charge is 0.272 e. The number of halogens is 1. The summed E-state index contributed by atoms with van der Waals surface area (Å²) in [5, 5.41) is 8.50. The van der Waals surface area contributed by atoms with Gasteiger partial charge in [0.25, 0.3) is 5.91 Å². The molecule has 1 aliphatic heterocycles. The van der Waals surface area contributed by atoms with E-state index in [1.54, 1.807) is 0 Å². The van der Waals surface area contributed by atoms with E-state index in [-0.39, 0.29) is 17.8 Å². The number of hydrazone groups is 1. The zero-order chi connectivity index (χ0) is 17.2. The van der Waals surface area contributed by atoms with E-state index in [2.05, 4.69) is 35.4 Å². The minimum Gasteiger partial charge on any atom is -0.272 e. The Labute approximate surface area is 151 Å². The maximum Gasteiger partial charge on any atom is 0.258 e. The molecule has 1 heterocycles. The van der Waals surface area contributed by atoms with Crippen LogP contribution >= 0.6 is 11.6 Å². The number of benzene rings is 3. The topological polar surface area (TPSA) is 32.7 Å². The molecular formula is C21H17ClN2O. The molecule has 0 saturated carbocycles. The van der Waals surface area contributed by atoms with Crippen LogP contribution in [0.1, 0.15) is 23.6 Å². The number of alkyl halides is 1. The molecule has 0 aliphatic carbocycles. The molecule has 4 rings (SSSR count). The van der Waals surface area contributed by atoms with E-state index in [1.807, 2.05) is 42.5 Å². The fraction of sp³-hybridized carbons (Fsp3) is 0.143. The van der Waals surface area contributed by atoms with E-state index in [0.29, 0.717) is 6.42 Å². The standard InChI is InChI=1S/C21H17ClN2O/c22-14-21(25)24-20(16-7-2-1-3-8-16)13-19(23-24)18-11-10-15-6-4-5-9-17(15)12-18/h1-12,20H,13-14H2/t20-/m0/s1. The predicted molar refractivity (Wildman–Crippen MR) is 102 cm³/mol. The number of hydrogen-bond acceptors (Lipinski definition) is 2. The molecule has 0 radical (unpaired) electrons. The molecule has 1 amide bonds. The fourth-order valence-corrected chi connectivity index (χ4v) is 3.40. The molecule has 0 fully saturated rings. The van der Waals surface area contributed by atoms with Crippen LogP contribution in [0.25, 0.3) is 10.8 Å². The van der Waals surface area contributed by atoms with Gasteiger partial charge < -0.3 is 0 Å². The maximum atomic E-state index is 12.3. The summed E-state index contributed by atoms with van der Waals surface area (Å²) in [5.74, 6) is -0.246. The van der Waals surface area contributed by atoms with Gasteiger partial charge in [0.15, 0.2) is 0 Å². The number of hydrogen-bond donors (Lipinski definition) is 0. The summed E-state index contributed by atoms with van der Waals surface area (Å²) in [6, 6.07) is 24.4. The van der Waals surface area contributed by atoms with E-state index in [0.717, 1.165) is 16.8 Å². The van der Waals surface area contributed by atoms with Gasteiger partial charge in [0.1, 0.15) is 5.88 Å². The van der Waals surface area contributed by atoms with Crippen LogP contribution in [-0.4, -0.2) is 22.5 Å². The Hall–Kier alpha value is -2.65. The smallest absolute Gasteiger partial charge is 0.258 e. The number of nitrogens with zero attached hydrogens (tertiary/aromatic N) is 2. The number of amides is 1. The normalized spacial score (nSPS) is 16.9. The van der Waals surface area contributed by atoms with Gasteiger partial charge in [0, 0.05) is 6.42 Å². The Morgan fingerprint density at radius 1 is 1.00 bits per heavy atom. The lowest BCUT2D eigenvalue weighted by atomic mass is 9.97. The van der Waals surface area contributed by atoms with Crippen LogP contribution in [0.15, 0.2) is 77.9 Å². The second kappa shape index (κ2) is 6.69. The van der Waals surface area contributed by atoms with Gasteiger partial charge in [-0.15, -0.1) is 11.6 Å². The van der Waals surface area contributed by atoms with E-state index < -0.39 is 0 Å². The van der Waals surface area contributed by atoms with Crippen molar-refractivity contribution in [2.24, 2.45) is 5.10 Å². The van der Waals surface area contributed by atoms with Crippen LogP contribution < -0.4 is 0 Å². The summed E-state index contributed by atoms with van der Waals surface area (Å²) in [5.41, 5.74) is 3.03. The Morgan fingerprint density at radius 2 is 1.72 bits per heavy atom. The molecule has 4 heteroatoms. The summed E-state index contributed by atoms with van der Waals surface area (Å²) in [6.45, 7) is 0. The number of carbonyl (C=O) groups is 1. The van der Waals surface area contributed by atoms with Crippen molar-refractivity contribution in [1.29, 1.82) is 0 Å². The third-order valence-corrected chi connectivity index (χ3v) is 4.78. The molecule has 0 aromatic heterocycles. The molecule has 0 bridgehead atoms. The summed E-state index contributed by atoms with van der Waals surface area (Å²) in [7, 11) is 0. The molecule has 0 N–H and O–H groups in total. The predicted octanol–water partition coefficient (Wildman–Crippen LogP) is 4.76. The molecule has 0 spiro atoms. The highest BCUT2D eigenvalue weighted by Gasteiger charge is 2.32. The van der Waals surface area contributed by atoms with Gasteiger partial charge in [-0.3, -0.25) is 4.79 Å². The zero-order valence-electron chi connectivity index (χ0n) is 13.6. The summed E-state index contributed by atoms with van der Waals surface area (Å²) in [6.07, 6.45) is 0.685. The lowest BCUT2D eigenvalue weighted by molar-refractivity contribution is -0.130. The maximum absolute atomic E-state index is 12.3. The van der Waals surface area contributed by atoms with Crippen molar-refractivity contribution in [2.75, 3.05) is 5.88 Å². The highest BCUT2D eigenvalue weighted by Crippen LogP contribution is 2.33. The molecule has 25 heavy (non-hydrogen) atoms. The second-order valence-corrected chi connectivity index (χ2v) is 6.38. The summed E-state index contributed by atoms with van der Waals surface area (Å²) < 4.78 is 0. The molecule has 1 atom stereocenters. The first-order valence-electron chi connectivity index (χ1n) is 8.26. The van der Waals surface area contributed by atoms with E-state index in [9.17, 15) is 4.79 Å². The third-order valence-electron chi connectivity index (χ3n) is 4.55. The van der Waals surface area contributed by atoms with Gasteiger partial charge in [-0.05, 0) is 28.0 Å². The molecule has 3 aromatic carbocycles. The molecule has 1 aliphatic rings. The average Bonchev–Trinajstić information content (AvgIpc) is 3.13. The van der Waals surface area contributed by atoms with Crippen LogP contribution in [0, 0.1) is 0 Å². The number of rotatable bonds is 3. The molecule has 0 unspecified atom stereocenters. The van der Waals surface area contributed by atoms with Gasteiger partial charge >= 0.3 is 0 Å². The minimum absolute atomic E-state index is 0.0716. The Bertz CT molecular complexity index is 952. The molecular weight excluding hydrogens is 332 g/mol. The van der Waals surface area contributed by atoms with Crippen LogP contribution in [0.5, 0.6) is 0 Å². The highest BCUT2D eigenvalue weighted by molar-refractivity contribution is 6.27. The Kier molecular flexibility index (Phi) is 4.24. The molecule has 3 nitrogen and oxygen atoms in total. The quantitative estimate of drug-likeness (QED) is 0.628. The van der Waals surface area contributed by atoms with Crippen LogP contribution in [-0.2, 0) is 4.79 Å². The highest BCUT2D eigenvalue weighted by atomic mass is 35.5. The van der Waals surface area contributed by atoms with Crippen molar-refractivity contribution in [3.63, 3.8) is 0 Å². The molecule has 124 valence electrons. The van der Waals surface area contributed by atoms with E-state index >= 15 is 0 Å². The summed E-state index contributed by atoms with van der Waals surface area (Å²) >= 11 is 5.80. The Balaban J connectivity index is 1.72. The van der Waals surface area contributed by atoms with E-state index in [4.69, 9.17) is 11.6 Å². The number of fused-ring (bicyclic) bond motifs is 1. The third kappa shape index (κ3) is 3.03.